The van der Waals surface area contributed by atoms with E-state index in [4.69, 9.17) is 14.2 Å². The molecule has 0 aliphatic carbocycles. The van der Waals surface area contributed by atoms with Crippen LogP contribution in [0.2, 0.25) is 0 Å². The van der Waals surface area contributed by atoms with Crippen LogP contribution in [0.3, 0.4) is 0 Å². The summed E-state index contributed by atoms with van der Waals surface area (Å²) in [6.45, 7) is 5.02. The average Bonchev–Trinajstić information content (AvgIpc) is 3.29. The molecule has 0 saturated heterocycles. The van der Waals surface area contributed by atoms with Crippen LogP contribution in [0.1, 0.15) is 36.3 Å². The summed E-state index contributed by atoms with van der Waals surface area (Å²) in [6, 6.07) is 14.6. The second-order valence-electron chi connectivity index (χ2n) is 7.54. The lowest BCUT2D eigenvalue weighted by Gasteiger charge is -2.08. The summed E-state index contributed by atoms with van der Waals surface area (Å²) in [5, 5.41) is 11.0. The van der Waals surface area contributed by atoms with Crippen molar-refractivity contribution >= 4 is 12.1 Å². The first-order valence-corrected chi connectivity index (χ1v) is 10.3. The maximum absolute atomic E-state index is 12.4. The monoisotopic (exact) mass is 436 g/mol. The van der Waals surface area contributed by atoms with Crippen molar-refractivity contribution in [3.05, 3.63) is 59.8 Å². The minimum atomic E-state index is -0.394. The van der Waals surface area contributed by atoms with Gasteiger partial charge >= 0.3 is 0 Å². The number of nitrogens with zero attached hydrogens (tertiary/aromatic N) is 2. The van der Waals surface area contributed by atoms with E-state index in [2.05, 4.69) is 34.6 Å². The van der Waals surface area contributed by atoms with Gasteiger partial charge in [0, 0.05) is 5.56 Å². The number of hydrogen-bond acceptors (Lipinski definition) is 6. The van der Waals surface area contributed by atoms with Crippen molar-refractivity contribution in [1.82, 2.24) is 15.6 Å². The summed E-state index contributed by atoms with van der Waals surface area (Å²) in [7, 11) is 3.13. The number of aromatic amines is 1. The molecule has 0 atom stereocenters. The summed E-state index contributed by atoms with van der Waals surface area (Å²) in [5.74, 6) is 2.22. The van der Waals surface area contributed by atoms with Crippen LogP contribution in [0.15, 0.2) is 53.6 Å². The molecule has 0 unspecified atom stereocenters. The molecule has 0 saturated carbocycles. The molecule has 168 valence electrons. The number of benzene rings is 2. The Morgan fingerprint density at radius 1 is 1.09 bits per heavy atom. The average molecular weight is 437 g/mol. The lowest BCUT2D eigenvalue weighted by atomic mass is 10.1. The minimum Gasteiger partial charge on any atom is -0.494 e. The summed E-state index contributed by atoms with van der Waals surface area (Å²) >= 11 is 0. The molecule has 8 nitrogen and oxygen atoms in total. The van der Waals surface area contributed by atoms with Gasteiger partial charge in [-0.15, -0.1) is 0 Å². The van der Waals surface area contributed by atoms with Gasteiger partial charge in [-0.25, -0.2) is 5.43 Å². The minimum absolute atomic E-state index is 0.307. The van der Waals surface area contributed by atoms with E-state index in [1.165, 1.54) is 6.21 Å². The van der Waals surface area contributed by atoms with Crippen LogP contribution in [0, 0.1) is 5.92 Å². The lowest BCUT2D eigenvalue weighted by Crippen LogP contribution is -2.18. The first-order valence-electron chi connectivity index (χ1n) is 10.3. The molecule has 0 bridgehead atoms. The molecule has 2 aromatic carbocycles. The Bertz CT molecular complexity index is 1060. The quantitative estimate of drug-likeness (QED) is 0.365. The number of aromatic nitrogens is 2. The number of carbonyl (C=O) groups is 1. The topological polar surface area (TPSA) is 97.8 Å². The Morgan fingerprint density at radius 3 is 2.53 bits per heavy atom. The first kappa shape index (κ1) is 22.9. The molecule has 8 heteroatoms. The molecule has 0 aliphatic heterocycles. The normalized spacial score (nSPS) is 11.0. The van der Waals surface area contributed by atoms with Gasteiger partial charge in [0.15, 0.2) is 11.5 Å². The number of hydrogen-bond donors (Lipinski definition) is 2. The molecule has 0 radical (unpaired) electrons. The van der Waals surface area contributed by atoms with Gasteiger partial charge in [-0.1, -0.05) is 13.8 Å². The smallest absolute Gasteiger partial charge is 0.289 e. The van der Waals surface area contributed by atoms with E-state index in [1.807, 2.05) is 30.3 Å². The summed E-state index contributed by atoms with van der Waals surface area (Å²) < 4.78 is 16.2. The Balaban J connectivity index is 1.58. The number of rotatable bonds is 10. The van der Waals surface area contributed by atoms with Crippen molar-refractivity contribution in [2.24, 2.45) is 11.0 Å². The highest BCUT2D eigenvalue weighted by atomic mass is 16.5. The third kappa shape index (κ3) is 6.10. The molecule has 0 fully saturated rings. The van der Waals surface area contributed by atoms with Crippen LogP contribution >= 0.6 is 0 Å². The van der Waals surface area contributed by atoms with Crippen LogP contribution in [0.25, 0.3) is 11.3 Å². The predicted molar refractivity (Wildman–Crippen MR) is 124 cm³/mol. The van der Waals surface area contributed by atoms with E-state index in [0.29, 0.717) is 35.4 Å². The highest BCUT2D eigenvalue weighted by Gasteiger charge is 2.11. The van der Waals surface area contributed by atoms with Gasteiger partial charge in [-0.2, -0.15) is 10.2 Å². The molecule has 3 rings (SSSR count). The highest BCUT2D eigenvalue weighted by molar-refractivity contribution is 5.94. The molecular weight excluding hydrogens is 408 g/mol. The van der Waals surface area contributed by atoms with Crippen LogP contribution in [0.5, 0.6) is 17.2 Å². The molecule has 32 heavy (non-hydrogen) atoms. The van der Waals surface area contributed by atoms with Crippen molar-refractivity contribution < 1.29 is 19.0 Å². The van der Waals surface area contributed by atoms with Gasteiger partial charge in [0.2, 0.25) is 0 Å². The van der Waals surface area contributed by atoms with Gasteiger partial charge < -0.3 is 14.2 Å². The van der Waals surface area contributed by atoms with Gasteiger partial charge in [0.1, 0.15) is 11.4 Å². The van der Waals surface area contributed by atoms with Gasteiger partial charge in [0.25, 0.3) is 5.91 Å². The maximum atomic E-state index is 12.4. The van der Waals surface area contributed by atoms with Gasteiger partial charge in [-0.3, -0.25) is 9.89 Å². The van der Waals surface area contributed by atoms with Crippen LogP contribution in [-0.2, 0) is 0 Å². The second kappa shape index (κ2) is 11.0. The zero-order chi connectivity index (χ0) is 22.9. The number of H-pyrrole nitrogens is 1. The largest absolute Gasteiger partial charge is 0.494 e. The van der Waals surface area contributed by atoms with E-state index in [0.717, 1.165) is 23.3 Å². The Hall–Kier alpha value is -3.81. The van der Waals surface area contributed by atoms with Crippen LogP contribution < -0.4 is 19.6 Å². The Morgan fingerprint density at radius 2 is 1.84 bits per heavy atom. The van der Waals surface area contributed by atoms with Crippen molar-refractivity contribution in [2.75, 3.05) is 20.8 Å². The maximum Gasteiger partial charge on any atom is 0.289 e. The number of amides is 1. The van der Waals surface area contributed by atoms with Crippen LogP contribution in [0.4, 0.5) is 0 Å². The first-order chi connectivity index (χ1) is 15.5. The van der Waals surface area contributed by atoms with E-state index in [9.17, 15) is 4.79 Å². The zero-order valence-electron chi connectivity index (χ0n) is 18.7. The summed E-state index contributed by atoms with van der Waals surface area (Å²) in [4.78, 5) is 12.4. The van der Waals surface area contributed by atoms with Gasteiger partial charge in [0.05, 0.1) is 32.7 Å². The number of methoxy groups -OCH3 is 2. The summed E-state index contributed by atoms with van der Waals surface area (Å²) in [6.07, 6.45) is 2.53. The number of hydrazone groups is 1. The summed E-state index contributed by atoms with van der Waals surface area (Å²) in [5.41, 5.74) is 5.09. The molecule has 1 aromatic heterocycles. The standard InChI is InChI=1S/C24H28N4O4/c1-16(2)11-12-32-19-8-6-18(7-9-19)20-14-21(27-26-20)24(29)28-25-15-17-5-10-22(30-3)23(13-17)31-4/h5-10,13-16H,11-12H2,1-4H3,(H,26,27)(H,28,29). The second-order valence-corrected chi connectivity index (χ2v) is 7.54. The highest BCUT2D eigenvalue weighted by Crippen LogP contribution is 2.27. The molecule has 2 N–H and O–H groups in total. The molecule has 1 amide bonds. The van der Waals surface area contributed by atoms with Crippen molar-refractivity contribution in [3.8, 4) is 28.5 Å². The van der Waals surface area contributed by atoms with Crippen molar-refractivity contribution in [3.63, 3.8) is 0 Å². The SMILES string of the molecule is COc1ccc(C=NNC(=O)c2cc(-c3ccc(OCCC(C)C)cc3)n[nH]2)cc1OC. The molecule has 0 aliphatic rings. The lowest BCUT2D eigenvalue weighted by molar-refractivity contribution is 0.0950. The van der Waals surface area contributed by atoms with Crippen molar-refractivity contribution in [2.45, 2.75) is 20.3 Å². The van der Waals surface area contributed by atoms with E-state index >= 15 is 0 Å². The molecule has 1 heterocycles. The van der Waals surface area contributed by atoms with E-state index in [1.54, 1.807) is 32.4 Å². The van der Waals surface area contributed by atoms with E-state index in [-0.39, 0.29) is 0 Å². The fourth-order valence-corrected chi connectivity index (χ4v) is 2.88. The molecule has 3 aromatic rings. The van der Waals surface area contributed by atoms with Crippen molar-refractivity contribution in [1.29, 1.82) is 0 Å². The van der Waals surface area contributed by atoms with Crippen LogP contribution in [-0.4, -0.2) is 43.1 Å². The number of nitrogens with one attached hydrogen (secondary N) is 2. The number of carbonyl (C=O) groups excluding carboxylic acids is 1. The molecule has 0 spiro atoms. The van der Waals surface area contributed by atoms with Gasteiger partial charge in [-0.05, 0) is 66.4 Å². The Labute approximate surface area is 187 Å². The third-order valence-electron chi connectivity index (χ3n) is 4.72. The third-order valence-corrected chi connectivity index (χ3v) is 4.72. The Kier molecular flexibility index (Phi) is 7.85. The zero-order valence-corrected chi connectivity index (χ0v) is 18.7. The van der Waals surface area contributed by atoms with E-state index < -0.39 is 5.91 Å². The molecular formula is C24H28N4O4. The fraction of sp³-hybridized carbons (Fsp3) is 0.292. The predicted octanol–water partition coefficient (Wildman–Crippen LogP) is 4.28. The fourth-order valence-electron chi connectivity index (χ4n) is 2.88. The number of ether oxygens (including phenoxy) is 3.